The number of piperidine rings is 1. The van der Waals surface area contributed by atoms with Gasteiger partial charge in [-0.15, -0.1) is 0 Å². The zero-order valence-electron chi connectivity index (χ0n) is 13.4. The average molecular weight is 342 g/mol. The predicted molar refractivity (Wildman–Crippen MR) is 81.9 cm³/mol. The van der Waals surface area contributed by atoms with Gasteiger partial charge < -0.3 is 9.42 Å². The van der Waals surface area contributed by atoms with Gasteiger partial charge >= 0.3 is 0 Å². The lowest BCUT2D eigenvalue weighted by Gasteiger charge is -2.33. The molecule has 0 aromatic carbocycles. The van der Waals surface area contributed by atoms with Gasteiger partial charge in [-0.2, -0.15) is 4.98 Å². The Morgan fingerprint density at radius 3 is 2.65 bits per heavy atom. The lowest BCUT2D eigenvalue weighted by atomic mass is 9.97. The van der Waals surface area contributed by atoms with Crippen LogP contribution >= 0.6 is 0 Å². The minimum Gasteiger partial charge on any atom is -0.340 e. The summed E-state index contributed by atoms with van der Waals surface area (Å²) in [5, 5.41) is 3.94. The van der Waals surface area contributed by atoms with Crippen molar-refractivity contribution in [1.82, 2.24) is 19.3 Å². The molecule has 2 fully saturated rings. The van der Waals surface area contributed by atoms with E-state index in [2.05, 4.69) is 10.1 Å². The normalized spacial score (nSPS) is 26.6. The van der Waals surface area contributed by atoms with Crippen molar-refractivity contribution >= 4 is 15.9 Å². The third-order valence-electron chi connectivity index (χ3n) is 4.58. The Morgan fingerprint density at radius 2 is 2.00 bits per heavy atom. The molecule has 2 aliphatic heterocycles. The maximum atomic E-state index is 12.9. The van der Waals surface area contributed by atoms with Crippen LogP contribution < -0.4 is 0 Å². The first-order chi connectivity index (χ1) is 10.9. The summed E-state index contributed by atoms with van der Waals surface area (Å²) in [5.41, 5.74) is 0. The molecule has 128 valence electrons. The molecule has 0 aliphatic carbocycles. The zero-order chi connectivity index (χ0) is 16.6. The van der Waals surface area contributed by atoms with Crippen molar-refractivity contribution in [1.29, 1.82) is 0 Å². The van der Waals surface area contributed by atoms with Gasteiger partial charge in [0.15, 0.2) is 5.82 Å². The number of aromatic nitrogens is 2. The van der Waals surface area contributed by atoms with Crippen LogP contribution in [0, 0.1) is 12.8 Å². The molecule has 0 bridgehead atoms. The molecule has 0 saturated carbocycles. The highest BCUT2D eigenvalue weighted by Crippen LogP contribution is 2.33. The molecule has 2 unspecified atom stereocenters. The molecule has 9 heteroatoms. The number of carbonyl (C=O) groups excluding carboxylic acids is 1. The molecule has 23 heavy (non-hydrogen) atoms. The first-order valence-electron chi connectivity index (χ1n) is 7.92. The summed E-state index contributed by atoms with van der Waals surface area (Å²) in [6.07, 6.45) is 4.34. The van der Waals surface area contributed by atoms with Crippen LogP contribution in [0.25, 0.3) is 0 Å². The van der Waals surface area contributed by atoms with E-state index in [1.807, 2.05) is 0 Å². The standard InChI is InChI=1S/C14H22N4O4S/c1-10-15-13(16-22-10)12-6-4-8-18(12)14(19)11-5-3-7-17(9-11)23(2,20)21/h11-12H,3-9H2,1-2H3. The van der Waals surface area contributed by atoms with Crippen molar-refractivity contribution in [2.45, 2.75) is 38.6 Å². The van der Waals surface area contributed by atoms with Gasteiger partial charge in [0.1, 0.15) is 0 Å². The molecule has 2 saturated heterocycles. The van der Waals surface area contributed by atoms with Gasteiger partial charge in [0.05, 0.1) is 18.2 Å². The van der Waals surface area contributed by atoms with Crippen LogP contribution in [0.4, 0.5) is 0 Å². The van der Waals surface area contributed by atoms with Crippen molar-refractivity contribution in [3.63, 3.8) is 0 Å². The molecule has 3 rings (SSSR count). The summed E-state index contributed by atoms with van der Waals surface area (Å²) in [7, 11) is -3.26. The fraction of sp³-hybridized carbons (Fsp3) is 0.786. The molecular weight excluding hydrogens is 320 g/mol. The molecule has 0 spiro atoms. The largest absolute Gasteiger partial charge is 0.340 e. The van der Waals surface area contributed by atoms with Crippen LogP contribution in [-0.2, 0) is 14.8 Å². The van der Waals surface area contributed by atoms with E-state index in [0.29, 0.717) is 31.2 Å². The summed E-state index contributed by atoms with van der Waals surface area (Å²) in [5.74, 6) is 0.750. The van der Waals surface area contributed by atoms with Crippen LogP contribution in [0.5, 0.6) is 0 Å². The van der Waals surface area contributed by atoms with Crippen molar-refractivity contribution in [3.05, 3.63) is 11.7 Å². The summed E-state index contributed by atoms with van der Waals surface area (Å²) in [6.45, 7) is 3.15. The topological polar surface area (TPSA) is 96.6 Å². The number of hydrogen-bond acceptors (Lipinski definition) is 6. The van der Waals surface area contributed by atoms with Crippen LogP contribution in [0.3, 0.4) is 0 Å². The monoisotopic (exact) mass is 342 g/mol. The Labute approximate surface area is 135 Å². The Balaban J connectivity index is 1.74. The maximum absolute atomic E-state index is 12.9. The van der Waals surface area contributed by atoms with Crippen LogP contribution in [0.1, 0.15) is 43.4 Å². The fourth-order valence-corrected chi connectivity index (χ4v) is 4.34. The van der Waals surface area contributed by atoms with Crippen molar-refractivity contribution in [3.8, 4) is 0 Å². The molecule has 0 radical (unpaired) electrons. The highest BCUT2D eigenvalue weighted by Gasteiger charge is 2.38. The fourth-order valence-electron chi connectivity index (χ4n) is 3.43. The number of carbonyl (C=O) groups is 1. The van der Waals surface area contributed by atoms with Gasteiger partial charge in [-0.05, 0) is 25.7 Å². The lowest BCUT2D eigenvalue weighted by molar-refractivity contribution is -0.137. The smallest absolute Gasteiger partial charge is 0.227 e. The van der Waals surface area contributed by atoms with Crippen molar-refractivity contribution in [2.24, 2.45) is 5.92 Å². The van der Waals surface area contributed by atoms with Crippen molar-refractivity contribution in [2.75, 3.05) is 25.9 Å². The molecule has 2 atom stereocenters. The molecule has 1 amide bonds. The number of nitrogens with zero attached hydrogens (tertiary/aromatic N) is 4. The third-order valence-corrected chi connectivity index (χ3v) is 5.85. The number of rotatable bonds is 3. The van der Waals surface area contributed by atoms with Gasteiger partial charge in [-0.1, -0.05) is 5.16 Å². The Morgan fingerprint density at radius 1 is 1.26 bits per heavy atom. The summed E-state index contributed by atoms with van der Waals surface area (Å²) < 4.78 is 29.9. The summed E-state index contributed by atoms with van der Waals surface area (Å²) in [6, 6.07) is -0.159. The van der Waals surface area contributed by atoms with Crippen molar-refractivity contribution < 1.29 is 17.7 Å². The average Bonchev–Trinajstić information content (AvgIpc) is 3.14. The minimum atomic E-state index is -3.26. The van der Waals surface area contributed by atoms with E-state index in [1.165, 1.54) is 10.6 Å². The first-order valence-corrected chi connectivity index (χ1v) is 9.77. The summed E-state index contributed by atoms with van der Waals surface area (Å²) in [4.78, 5) is 18.9. The zero-order valence-corrected chi connectivity index (χ0v) is 14.3. The number of aryl methyl sites for hydroxylation is 1. The second kappa shape index (κ2) is 6.20. The lowest BCUT2D eigenvalue weighted by Crippen LogP contribution is -2.46. The Kier molecular flexibility index (Phi) is 4.41. The minimum absolute atomic E-state index is 0.00306. The van der Waals surface area contributed by atoms with E-state index in [-0.39, 0.29) is 24.4 Å². The molecule has 1 aromatic heterocycles. The van der Waals surface area contributed by atoms with E-state index in [1.54, 1.807) is 11.8 Å². The Hall–Kier alpha value is -1.48. The first kappa shape index (κ1) is 16.4. The second-order valence-electron chi connectivity index (χ2n) is 6.32. The number of hydrogen-bond donors (Lipinski definition) is 0. The molecule has 3 heterocycles. The van der Waals surface area contributed by atoms with Gasteiger partial charge in [-0.3, -0.25) is 4.79 Å². The second-order valence-corrected chi connectivity index (χ2v) is 8.30. The third kappa shape index (κ3) is 3.40. The highest BCUT2D eigenvalue weighted by molar-refractivity contribution is 7.88. The van der Waals surface area contributed by atoms with Crippen LogP contribution in [0.15, 0.2) is 4.52 Å². The van der Waals surface area contributed by atoms with E-state index in [9.17, 15) is 13.2 Å². The van der Waals surface area contributed by atoms with Gasteiger partial charge in [-0.25, -0.2) is 12.7 Å². The van der Waals surface area contributed by atoms with Crippen LogP contribution in [-0.4, -0.2) is 59.6 Å². The van der Waals surface area contributed by atoms with Gasteiger partial charge in [0, 0.05) is 26.6 Å². The highest BCUT2D eigenvalue weighted by atomic mass is 32.2. The quantitative estimate of drug-likeness (QED) is 0.803. The number of likely N-dealkylation sites (tertiary alicyclic amines) is 1. The van der Waals surface area contributed by atoms with Crippen LogP contribution in [0.2, 0.25) is 0 Å². The SMILES string of the molecule is Cc1nc(C2CCCN2C(=O)C2CCCN(S(C)(=O)=O)C2)no1. The molecule has 0 N–H and O–H groups in total. The molecule has 8 nitrogen and oxygen atoms in total. The molecule has 1 aromatic rings. The van der Waals surface area contributed by atoms with E-state index in [4.69, 9.17) is 4.52 Å². The van der Waals surface area contributed by atoms with Gasteiger partial charge in [0.2, 0.25) is 21.8 Å². The van der Waals surface area contributed by atoms with E-state index in [0.717, 1.165) is 19.3 Å². The molecule has 2 aliphatic rings. The summed E-state index contributed by atoms with van der Waals surface area (Å²) >= 11 is 0. The Bertz CT molecular complexity index is 687. The van der Waals surface area contributed by atoms with Gasteiger partial charge in [0.25, 0.3) is 0 Å². The van der Waals surface area contributed by atoms with E-state index >= 15 is 0 Å². The van der Waals surface area contributed by atoms with E-state index < -0.39 is 10.0 Å². The number of amides is 1. The molecular formula is C14H22N4O4S. The number of sulfonamides is 1. The predicted octanol–water partition coefficient (Wildman–Crippen LogP) is 0.713. The maximum Gasteiger partial charge on any atom is 0.227 e.